The molecule has 3 atom stereocenters. The molecule has 4 aromatic rings. The number of piperidine rings is 1. The summed E-state index contributed by atoms with van der Waals surface area (Å²) in [6, 6.07) is 16.3. The molecule has 1 aliphatic heterocycles. The predicted molar refractivity (Wildman–Crippen MR) is 182 cm³/mol. The monoisotopic (exact) mass is 693 g/mol. The molecule has 260 valence electrons. The van der Waals surface area contributed by atoms with Gasteiger partial charge in [-0.25, -0.2) is 9.18 Å². The van der Waals surface area contributed by atoms with Crippen LogP contribution in [0.15, 0.2) is 77.7 Å². The number of likely N-dealkylation sites (tertiary alicyclic amines) is 1. The van der Waals surface area contributed by atoms with Crippen LogP contribution in [0.4, 0.5) is 14.9 Å². The summed E-state index contributed by atoms with van der Waals surface area (Å²) in [6.45, 7) is 5.07. The van der Waals surface area contributed by atoms with E-state index >= 15 is 0 Å². The zero-order valence-electron chi connectivity index (χ0n) is 28.0. The largest absolute Gasteiger partial charge is 0.508 e. The maximum absolute atomic E-state index is 14.0. The minimum atomic E-state index is -4.17. The quantitative estimate of drug-likeness (QED) is 0.163. The first kappa shape index (κ1) is 35.5. The van der Waals surface area contributed by atoms with Crippen molar-refractivity contribution in [3.05, 3.63) is 101 Å². The molecule has 1 aliphatic rings. The summed E-state index contributed by atoms with van der Waals surface area (Å²) < 4.78 is 47.0. The van der Waals surface area contributed by atoms with Crippen molar-refractivity contribution < 1.29 is 36.2 Å². The second-order valence-electron chi connectivity index (χ2n) is 12.9. The Kier molecular flexibility index (Phi) is 10.4. The van der Waals surface area contributed by atoms with E-state index in [0.29, 0.717) is 41.1 Å². The number of urea groups is 1. The Balaban J connectivity index is 1.35. The summed E-state index contributed by atoms with van der Waals surface area (Å²) in [5, 5.41) is 16.6. The van der Waals surface area contributed by atoms with Crippen molar-refractivity contribution in [3.63, 3.8) is 0 Å². The molecule has 4 N–H and O–H groups in total. The molecule has 1 aromatic heterocycles. The van der Waals surface area contributed by atoms with E-state index in [2.05, 4.69) is 10.4 Å². The molecule has 3 aromatic carbocycles. The average Bonchev–Trinajstić information content (AvgIpc) is 3.31. The Hall–Kier alpha value is -4.79. The molecule has 2 heterocycles. The summed E-state index contributed by atoms with van der Waals surface area (Å²) in [5.74, 6) is -0.759. The van der Waals surface area contributed by atoms with Crippen LogP contribution in [0, 0.1) is 19.7 Å². The minimum Gasteiger partial charge on any atom is -0.508 e. The molecule has 0 aliphatic carbocycles. The number of imide groups is 1. The molecular formula is C35H42FN6O6S+. The Morgan fingerprint density at radius 1 is 1.08 bits per heavy atom. The summed E-state index contributed by atoms with van der Waals surface area (Å²) >= 11 is 0. The number of phenols is 1. The van der Waals surface area contributed by atoms with Gasteiger partial charge in [0.1, 0.15) is 35.3 Å². The lowest BCUT2D eigenvalue weighted by molar-refractivity contribution is -0.928. The number of phenolic OH excluding ortho intramolecular Hbond substituents is 1. The molecule has 0 spiro atoms. The van der Waals surface area contributed by atoms with E-state index < -0.39 is 34.1 Å². The van der Waals surface area contributed by atoms with Crippen LogP contribution in [0.3, 0.4) is 0 Å². The highest BCUT2D eigenvalue weighted by Gasteiger charge is 2.41. The fourth-order valence-electron chi connectivity index (χ4n) is 6.44. The lowest BCUT2D eigenvalue weighted by atomic mass is 9.98. The molecule has 0 radical (unpaired) electrons. The minimum absolute atomic E-state index is 0.0116. The van der Waals surface area contributed by atoms with E-state index in [9.17, 15) is 27.5 Å². The van der Waals surface area contributed by atoms with E-state index in [1.807, 2.05) is 7.05 Å². The van der Waals surface area contributed by atoms with E-state index in [1.165, 1.54) is 58.1 Å². The molecule has 12 nitrogen and oxygen atoms in total. The Labute approximate surface area is 285 Å². The number of aryl methyl sites for hydroxylation is 2. The molecule has 1 saturated heterocycles. The highest BCUT2D eigenvalue weighted by molar-refractivity contribution is 7.87. The number of halogens is 1. The zero-order valence-corrected chi connectivity index (χ0v) is 28.8. The number of rotatable bonds is 10. The van der Waals surface area contributed by atoms with Gasteiger partial charge in [-0.05, 0) is 87.2 Å². The summed E-state index contributed by atoms with van der Waals surface area (Å²) in [5.41, 5.74) is 9.15. The van der Waals surface area contributed by atoms with E-state index in [4.69, 9.17) is 9.92 Å². The van der Waals surface area contributed by atoms with Crippen molar-refractivity contribution in [2.24, 2.45) is 12.8 Å². The van der Waals surface area contributed by atoms with Gasteiger partial charge < -0.3 is 24.8 Å². The van der Waals surface area contributed by atoms with Crippen LogP contribution < -0.4 is 15.2 Å². The standard InChI is InChI=1S/C35H41FN6O6S/c1-23-33(24(2)40(3)39-23)49(46,47)48-31-17-13-28(14-18-31)38-35(45)41(34(44)32(37)20-25-9-15-30(43)16-10-25)29-6-5-19-42(4,22-29)21-26-7-11-27(36)12-8-26/h7-18,29,32H,5-6,19-22,37H2,1-4H3,(H-,38,43,45)/p+1/t29-,32-,42?/m0/s1. The average molecular weight is 694 g/mol. The van der Waals surface area contributed by atoms with Gasteiger partial charge in [-0.3, -0.25) is 14.4 Å². The van der Waals surface area contributed by atoms with Crippen molar-refractivity contribution in [2.75, 3.05) is 25.5 Å². The number of aromatic hydroxyl groups is 1. The van der Waals surface area contributed by atoms with Gasteiger partial charge in [0.2, 0.25) is 5.91 Å². The van der Waals surface area contributed by atoms with Crippen LogP contribution in [0.5, 0.6) is 11.5 Å². The van der Waals surface area contributed by atoms with Gasteiger partial charge in [0, 0.05) is 18.3 Å². The lowest BCUT2D eigenvalue weighted by Gasteiger charge is -2.44. The molecule has 1 fully saturated rings. The lowest BCUT2D eigenvalue weighted by Crippen LogP contribution is -2.62. The van der Waals surface area contributed by atoms with Crippen LogP contribution in [0.2, 0.25) is 0 Å². The van der Waals surface area contributed by atoms with Crippen LogP contribution in [0.1, 0.15) is 35.4 Å². The molecule has 0 saturated carbocycles. The van der Waals surface area contributed by atoms with Crippen molar-refractivity contribution in [1.29, 1.82) is 0 Å². The fraction of sp³-hybridized carbons (Fsp3) is 0.343. The Bertz CT molecular complexity index is 1920. The van der Waals surface area contributed by atoms with Crippen molar-refractivity contribution in [3.8, 4) is 11.5 Å². The molecule has 3 amide bonds. The number of amides is 3. The normalized spacial score (nSPS) is 18.4. The second kappa shape index (κ2) is 14.4. The van der Waals surface area contributed by atoms with Gasteiger partial charge in [0.25, 0.3) is 0 Å². The number of carbonyl (C=O) groups excluding carboxylic acids is 2. The van der Waals surface area contributed by atoms with Crippen LogP contribution in [-0.4, -0.2) is 76.8 Å². The zero-order chi connectivity index (χ0) is 35.5. The van der Waals surface area contributed by atoms with Crippen molar-refractivity contribution in [1.82, 2.24) is 14.7 Å². The summed E-state index contributed by atoms with van der Waals surface area (Å²) in [4.78, 5) is 29.2. The first-order valence-corrected chi connectivity index (χ1v) is 17.4. The van der Waals surface area contributed by atoms with E-state index in [0.717, 1.165) is 24.1 Å². The number of nitrogens with one attached hydrogen (secondary N) is 1. The molecule has 5 rings (SSSR count). The Morgan fingerprint density at radius 3 is 2.33 bits per heavy atom. The van der Waals surface area contributed by atoms with Crippen LogP contribution in [-0.2, 0) is 34.9 Å². The third kappa shape index (κ3) is 8.45. The number of aromatic nitrogens is 2. The molecule has 49 heavy (non-hydrogen) atoms. The fourth-order valence-corrected chi connectivity index (χ4v) is 7.79. The maximum atomic E-state index is 14.0. The third-order valence-corrected chi connectivity index (χ3v) is 10.4. The summed E-state index contributed by atoms with van der Waals surface area (Å²) in [7, 11) is -0.481. The number of carbonyl (C=O) groups is 2. The number of nitrogens with two attached hydrogens (primary N) is 1. The first-order chi connectivity index (χ1) is 23.1. The number of hydrogen-bond acceptors (Lipinski definition) is 8. The van der Waals surface area contributed by atoms with Crippen LogP contribution >= 0.6 is 0 Å². The third-order valence-electron chi connectivity index (χ3n) is 8.90. The Morgan fingerprint density at radius 2 is 1.71 bits per heavy atom. The number of likely N-dealkylation sites (N-methyl/N-ethyl adjacent to an activating group) is 1. The smallest absolute Gasteiger partial charge is 0.342 e. The van der Waals surface area contributed by atoms with Crippen LogP contribution in [0.25, 0.3) is 0 Å². The molecular weight excluding hydrogens is 651 g/mol. The SMILES string of the molecule is Cc1nn(C)c(C)c1S(=O)(=O)Oc1ccc(NC(=O)N(C(=O)[C@@H](N)Cc2ccc(O)cc2)[C@H]2CCC[N+](C)(Cc3ccc(F)cc3)C2)cc1. The highest BCUT2D eigenvalue weighted by Crippen LogP contribution is 2.28. The molecule has 14 heteroatoms. The number of benzene rings is 3. The van der Waals surface area contributed by atoms with Gasteiger partial charge in [0.15, 0.2) is 0 Å². The molecule has 0 bridgehead atoms. The second-order valence-corrected chi connectivity index (χ2v) is 14.4. The van der Waals surface area contributed by atoms with Crippen molar-refractivity contribution >= 4 is 27.7 Å². The van der Waals surface area contributed by atoms with Gasteiger partial charge in [0.05, 0.1) is 37.1 Å². The summed E-state index contributed by atoms with van der Waals surface area (Å²) in [6.07, 6.45) is 1.46. The maximum Gasteiger partial charge on any atom is 0.342 e. The predicted octanol–water partition coefficient (Wildman–Crippen LogP) is 4.39. The van der Waals surface area contributed by atoms with Gasteiger partial charge in [-0.1, -0.05) is 24.3 Å². The topological polar surface area (TPSA) is 157 Å². The van der Waals surface area contributed by atoms with Gasteiger partial charge in [-0.15, -0.1) is 0 Å². The number of quaternary nitrogens is 1. The van der Waals surface area contributed by atoms with Gasteiger partial charge in [-0.2, -0.15) is 13.5 Å². The number of hydrogen-bond donors (Lipinski definition) is 3. The van der Waals surface area contributed by atoms with E-state index in [1.54, 1.807) is 45.2 Å². The highest BCUT2D eigenvalue weighted by atomic mass is 32.2. The van der Waals surface area contributed by atoms with Gasteiger partial charge >= 0.3 is 16.1 Å². The van der Waals surface area contributed by atoms with Crippen molar-refractivity contribution in [2.45, 2.75) is 56.6 Å². The molecule has 1 unspecified atom stereocenters. The first-order valence-electron chi connectivity index (χ1n) is 15.9. The number of anilines is 1. The number of nitrogens with zero attached hydrogens (tertiary/aromatic N) is 4. The van der Waals surface area contributed by atoms with E-state index in [-0.39, 0.29) is 28.6 Å².